The van der Waals surface area contributed by atoms with Gasteiger partial charge in [0, 0.05) is 5.56 Å². The Morgan fingerprint density at radius 3 is 2.27 bits per heavy atom. The number of carboxylic acids is 1. The number of hydrogen-bond donors (Lipinski definition) is 0. The second-order valence-corrected chi connectivity index (χ2v) is 2.81. The molecule has 0 bridgehead atoms. The van der Waals surface area contributed by atoms with Crippen molar-refractivity contribution in [3.8, 4) is 0 Å². The zero-order chi connectivity index (χ0) is 9.26. The minimum Gasteiger partial charge on any atom is -0.545 e. The van der Waals surface area contributed by atoms with Crippen molar-refractivity contribution in [3.05, 3.63) is 48.0 Å². The minimum absolute atomic E-state index is 0. The topological polar surface area (TPSA) is 71.6 Å². The van der Waals surface area contributed by atoms with Crippen LogP contribution in [0.25, 0.3) is 10.8 Å². The van der Waals surface area contributed by atoms with E-state index in [1.165, 1.54) is 0 Å². The van der Waals surface area contributed by atoms with E-state index in [0.717, 1.165) is 10.8 Å². The standard InChI is InChI=1S/C11H8O2.K.H2O/c12-11(13)10-7-3-5-8-4-1-2-6-9(8)10;;/h1-7H,(H,12,13);;1H2/q;+1;/p-1. The van der Waals surface area contributed by atoms with Gasteiger partial charge in [0.25, 0.3) is 0 Å². The van der Waals surface area contributed by atoms with Crippen LogP contribution in [-0.2, 0) is 0 Å². The van der Waals surface area contributed by atoms with E-state index in [2.05, 4.69) is 0 Å². The molecule has 15 heavy (non-hydrogen) atoms. The first-order valence-electron chi connectivity index (χ1n) is 3.98. The van der Waals surface area contributed by atoms with Gasteiger partial charge >= 0.3 is 51.4 Å². The first-order chi connectivity index (χ1) is 6.29. The normalized spacial score (nSPS) is 8.80. The molecule has 2 aromatic rings. The van der Waals surface area contributed by atoms with Crippen LogP contribution in [0.4, 0.5) is 0 Å². The summed E-state index contributed by atoms with van der Waals surface area (Å²) in [7, 11) is 0. The molecule has 0 spiro atoms. The first-order valence-corrected chi connectivity index (χ1v) is 3.98. The average molecular weight is 228 g/mol. The van der Waals surface area contributed by atoms with Crippen molar-refractivity contribution in [1.82, 2.24) is 0 Å². The predicted molar refractivity (Wildman–Crippen MR) is 51.9 cm³/mol. The van der Waals surface area contributed by atoms with Gasteiger partial charge in [-0.05, 0) is 10.8 Å². The molecule has 0 heterocycles. The SMILES string of the molecule is O.O=C([O-])c1cccc2ccccc12.[K+]. The van der Waals surface area contributed by atoms with Crippen LogP contribution in [0.15, 0.2) is 42.5 Å². The third-order valence-corrected chi connectivity index (χ3v) is 2.01. The number of benzene rings is 2. The number of carboxylic acid groups (broad SMARTS) is 1. The molecule has 0 fully saturated rings. The van der Waals surface area contributed by atoms with E-state index < -0.39 is 5.97 Å². The molecule has 3 nitrogen and oxygen atoms in total. The number of fused-ring (bicyclic) bond motifs is 1. The van der Waals surface area contributed by atoms with Crippen LogP contribution in [0.1, 0.15) is 10.4 Å². The summed E-state index contributed by atoms with van der Waals surface area (Å²) in [5.74, 6) is -1.13. The molecule has 0 aliphatic heterocycles. The quantitative estimate of drug-likeness (QED) is 0.501. The van der Waals surface area contributed by atoms with Crippen molar-refractivity contribution in [3.63, 3.8) is 0 Å². The van der Waals surface area contributed by atoms with Crippen molar-refractivity contribution in [1.29, 1.82) is 0 Å². The van der Waals surface area contributed by atoms with Gasteiger partial charge in [-0.25, -0.2) is 0 Å². The molecule has 0 radical (unpaired) electrons. The predicted octanol–water partition coefficient (Wildman–Crippen LogP) is -2.62. The van der Waals surface area contributed by atoms with Gasteiger partial charge < -0.3 is 15.4 Å². The third kappa shape index (κ3) is 3.11. The first kappa shape index (κ1) is 14.8. The van der Waals surface area contributed by atoms with Crippen LogP contribution in [0, 0.1) is 0 Å². The second kappa shape index (κ2) is 6.37. The van der Waals surface area contributed by atoms with Gasteiger partial charge in [0.1, 0.15) is 0 Å². The minimum atomic E-state index is -1.13. The number of hydrogen-bond acceptors (Lipinski definition) is 2. The molecule has 0 atom stereocenters. The fraction of sp³-hybridized carbons (Fsp3) is 0. The van der Waals surface area contributed by atoms with Crippen LogP contribution in [0.2, 0.25) is 0 Å². The van der Waals surface area contributed by atoms with E-state index in [0.29, 0.717) is 0 Å². The van der Waals surface area contributed by atoms with Gasteiger partial charge in [-0.1, -0.05) is 42.5 Å². The Morgan fingerprint density at radius 2 is 1.60 bits per heavy atom. The van der Waals surface area contributed by atoms with Gasteiger partial charge in [-0.2, -0.15) is 0 Å². The summed E-state index contributed by atoms with van der Waals surface area (Å²) in [6, 6.07) is 12.5. The van der Waals surface area contributed by atoms with Crippen LogP contribution in [0.5, 0.6) is 0 Å². The summed E-state index contributed by atoms with van der Waals surface area (Å²) >= 11 is 0. The Kier molecular flexibility index (Phi) is 6.27. The van der Waals surface area contributed by atoms with Crippen LogP contribution < -0.4 is 56.5 Å². The van der Waals surface area contributed by atoms with Crippen molar-refractivity contribution in [2.45, 2.75) is 0 Å². The largest absolute Gasteiger partial charge is 1.00 e. The van der Waals surface area contributed by atoms with Gasteiger partial charge in [-0.3, -0.25) is 0 Å². The smallest absolute Gasteiger partial charge is 0.545 e. The Labute approximate surface area is 130 Å². The van der Waals surface area contributed by atoms with E-state index in [1.54, 1.807) is 18.2 Å². The molecule has 0 aliphatic carbocycles. The molecule has 4 heteroatoms. The van der Waals surface area contributed by atoms with Gasteiger partial charge in [0.2, 0.25) is 0 Å². The van der Waals surface area contributed by atoms with Crippen molar-refractivity contribution >= 4 is 16.7 Å². The maximum Gasteiger partial charge on any atom is 1.00 e. The number of carbonyl (C=O) groups excluding carboxylic acids is 1. The molecule has 0 aliphatic rings. The Morgan fingerprint density at radius 1 is 1.00 bits per heavy atom. The van der Waals surface area contributed by atoms with Crippen LogP contribution in [0.3, 0.4) is 0 Å². The van der Waals surface area contributed by atoms with E-state index >= 15 is 0 Å². The molecule has 0 unspecified atom stereocenters. The fourth-order valence-corrected chi connectivity index (χ4v) is 1.40. The summed E-state index contributed by atoms with van der Waals surface area (Å²) in [6.45, 7) is 0. The molecule has 0 amide bonds. The number of rotatable bonds is 1. The van der Waals surface area contributed by atoms with E-state index in [9.17, 15) is 9.90 Å². The monoisotopic (exact) mass is 228 g/mol. The number of carbonyl (C=O) groups is 1. The molecule has 0 saturated carbocycles. The van der Waals surface area contributed by atoms with E-state index in [-0.39, 0.29) is 62.4 Å². The molecule has 2 rings (SSSR count). The third-order valence-electron chi connectivity index (χ3n) is 2.01. The maximum absolute atomic E-state index is 10.7. The van der Waals surface area contributed by atoms with Crippen molar-refractivity contribution in [2.75, 3.05) is 0 Å². The van der Waals surface area contributed by atoms with Gasteiger partial charge in [-0.15, -0.1) is 0 Å². The zero-order valence-electron chi connectivity index (χ0n) is 8.36. The molecular formula is C11H9KO3. The van der Waals surface area contributed by atoms with Crippen molar-refractivity contribution < 1.29 is 66.8 Å². The second-order valence-electron chi connectivity index (χ2n) is 2.81. The summed E-state index contributed by atoms with van der Waals surface area (Å²) in [6.07, 6.45) is 0. The summed E-state index contributed by atoms with van der Waals surface area (Å²) < 4.78 is 0. The van der Waals surface area contributed by atoms with E-state index in [1.807, 2.05) is 24.3 Å². The molecular weight excluding hydrogens is 219 g/mol. The maximum atomic E-state index is 10.7. The Bertz CT molecular complexity index is 463. The summed E-state index contributed by atoms with van der Waals surface area (Å²) in [5, 5.41) is 12.4. The summed E-state index contributed by atoms with van der Waals surface area (Å²) in [4.78, 5) is 10.7. The van der Waals surface area contributed by atoms with Gasteiger partial charge in [0.05, 0.1) is 5.97 Å². The molecule has 72 valence electrons. The fourth-order valence-electron chi connectivity index (χ4n) is 1.40. The molecule has 2 aromatic carbocycles. The Balaban J connectivity index is 0.000000980. The Hall–Kier alpha value is -0.234. The molecule has 0 saturated heterocycles. The summed E-state index contributed by atoms with van der Waals surface area (Å²) in [5.41, 5.74) is 0.248. The molecule has 2 N–H and O–H groups in total. The van der Waals surface area contributed by atoms with Crippen molar-refractivity contribution in [2.24, 2.45) is 0 Å². The van der Waals surface area contributed by atoms with Crippen LogP contribution >= 0.6 is 0 Å². The van der Waals surface area contributed by atoms with E-state index in [4.69, 9.17) is 0 Å². The molecule has 0 aromatic heterocycles. The average Bonchev–Trinajstić information content (AvgIpc) is 2.17. The number of aromatic carboxylic acids is 1. The van der Waals surface area contributed by atoms with Gasteiger partial charge in [0.15, 0.2) is 0 Å². The van der Waals surface area contributed by atoms with Crippen LogP contribution in [-0.4, -0.2) is 11.4 Å². The zero-order valence-corrected chi connectivity index (χ0v) is 11.5.